The van der Waals surface area contributed by atoms with Gasteiger partial charge in [-0.1, -0.05) is 13.8 Å². The van der Waals surface area contributed by atoms with Crippen LogP contribution in [-0.2, 0) is 0 Å². The SMILES string of the molecule is CC(C)CC1CN(CC2CCN(C(C)C)C2)C(C)CN1. The van der Waals surface area contributed by atoms with E-state index in [0.29, 0.717) is 18.1 Å². The van der Waals surface area contributed by atoms with Gasteiger partial charge in [0.25, 0.3) is 0 Å². The molecule has 1 N–H and O–H groups in total. The quantitative estimate of drug-likeness (QED) is 0.835. The molecule has 0 saturated carbocycles. The highest BCUT2D eigenvalue weighted by molar-refractivity contribution is 4.88. The fourth-order valence-electron chi connectivity index (χ4n) is 3.79. The molecule has 3 heteroatoms. The monoisotopic (exact) mass is 281 g/mol. The van der Waals surface area contributed by atoms with E-state index in [4.69, 9.17) is 0 Å². The van der Waals surface area contributed by atoms with Crippen LogP contribution in [0.5, 0.6) is 0 Å². The first-order valence-electron chi connectivity index (χ1n) is 8.67. The predicted molar refractivity (Wildman–Crippen MR) is 87.1 cm³/mol. The van der Waals surface area contributed by atoms with Gasteiger partial charge in [0.2, 0.25) is 0 Å². The highest BCUT2D eigenvalue weighted by Crippen LogP contribution is 2.22. The first kappa shape index (κ1) is 16.3. The third-order valence-corrected chi connectivity index (χ3v) is 5.08. The Morgan fingerprint density at radius 3 is 2.50 bits per heavy atom. The van der Waals surface area contributed by atoms with Crippen molar-refractivity contribution in [1.82, 2.24) is 15.1 Å². The van der Waals surface area contributed by atoms with E-state index in [0.717, 1.165) is 18.4 Å². The Morgan fingerprint density at radius 2 is 1.90 bits per heavy atom. The van der Waals surface area contributed by atoms with Gasteiger partial charge in [0, 0.05) is 44.3 Å². The smallest absolute Gasteiger partial charge is 0.0198 e. The van der Waals surface area contributed by atoms with Gasteiger partial charge in [-0.2, -0.15) is 0 Å². The molecule has 0 aliphatic carbocycles. The van der Waals surface area contributed by atoms with Crippen molar-refractivity contribution in [3.05, 3.63) is 0 Å². The van der Waals surface area contributed by atoms with Crippen LogP contribution >= 0.6 is 0 Å². The molecule has 0 radical (unpaired) electrons. The molecule has 2 fully saturated rings. The third-order valence-electron chi connectivity index (χ3n) is 5.08. The summed E-state index contributed by atoms with van der Waals surface area (Å²) in [5.74, 6) is 1.68. The molecule has 118 valence electrons. The molecule has 2 aliphatic heterocycles. The van der Waals surface area contributed by atoms with Crippen LogP contribution in [0.25, 0.3) is 0 Å². The summed E-state index contributed by atoms with van der Waals surface area (Å²) in [7, 11) is 0. The van der Waals surface area contributed by atoms with Gasteiger partial charge < -0.3 is 10.2 Å². The van der Waals surface area contributed by atoms with Gasteiger partial charge in [-0.05, 0) is 52.0 Å². The average Bonchev–Trinajstić information content (AvgIpc) is 2.81. The fraction of sp³-hybridized carbons (Fsp3) is 1.00. The molecule has 0 bridgehead atoms. The molecule has 0 aromatic carbocycles. The zero-order valence-electron chi connectivity index (χ0n) is 14.2. The summed E-state index contributed by atoms with van der Waals surface area (Å²) in [4.78, 5) is 5.39. The van der Waals surface area contributed by atoms with Crippen LogP contribution in [-0.4, -0.2) is 60.6 Å². The number of rotatable bonds is 5. The first-order valence-corrected chi connectivity index (χ1v) is 8.67. The Labute approximate surface area is 126 Å². The molecule has 2 heterocycles. The molecule has 3 atom stereocenters. The summed E-state index contributed by atoms with van der Waals surface area (Å²) in [6.45, 7) is 18.0. The Hall–Kier alpha value is -0.120. The fourth-order valence-corrected chi connectivity index (χ4v) is 3.79. The van der Waals surface area contributed by atoms with Crippen LogP contribution < -0.4 is 5.32 Å². The molecule has 3 nitrogen and oxygen atoms in total. The number of likely N-dealkylation sites (tertiary alicyclic amines) is 1. The van der Waals surface area contributed by atoms with E-state index in [1.807, 2.05) is 0 Å². The van der Waals surface area contributed by atoms with Gasteiger partial charge in [-0.15, -0.1) is 0 Å². The van der Waals surface area contributed by atoms with Crippen molar-refractivity contribution in [3.8, 4) is 0 Å². The molecular weight excluding hydrogens is 246 g/mol. The predicted octanol–water partition coefficient (Wildman–Crippen LogP) is 2.43. The molecule has 0 aromatic heterocycles. The van der Waals surface area contributed by atoms with E-state index in [9.17, 15) is 0 Å². The van der Waals surface area contributed by atoms with Crippen molar-refractivity contribution < 1.29 is 0 Å². The van der Waals surface area contributed by atoms with Gasteiger partial charge >= 0.3 is 0 Å². The van der Waals surface area contributed by atoms with Crippen molar-refractivity contribution in [3.63, 3.8) is 0 Å². The zero-order chi connectivity index (χ0) is 14.7. The lowest BCUT2D eigenvalue weighted by atomic mass is 9.98. The van der Waals surface area contributed by atoms with E-state index in [1.54, 1.807) is 0 Å². The van der Waals surface area contributed by atoms with Gasteiger partial charge in [-0.25, -0.2) is 0 Å². The van der Waals surface area contributed by atoms with Crippen LogP contribution in [0.15, 0.2) is 0 Å². The molecule has 0 amide bonds. The lowest BCUT2D eigenvalue weighted by Crippen LogP contribution is -2.56. The van der Waals surface area contributed by atoms with E-state index in [1.165, 1.54) is 39.0 Å². The summed E-state index contributed by atoms with van der Waals surface area (Å²) in [5, 5.41) is 3.73. The normalized spacial score (nSPS) is 33.5. The molecule has 2 aliphatic rings. The Kier molecular flexibility index (Phi) is 5.88. The molecule has 3 unspecified atom stereocenters. The van der Waals surface area contributed by atoms with Crippen molar-refractivity contribution in [1.29, 1.82) is 0 Å². The van der Waals surface area contributed by atoms with Gasteiger partial charge in [-0.3, -0.25) is 4.90 Å². The van der Waals surface area contributed by atoms with Crippen LogP contribution in [0, 0.1) is 11.8 Å². The standard InChI is InChI=1S/C17H35N3/c1-13(2)8-17-12-20(15(5)9-18-17)11-16-6-7-19(10-16)14(3)4/h13-18H,6-12H2,1-5H3. The highest BCUT2D eigenvalue weighted by atomic mass is 15.2. The van der Waals surface area contributed by atoms with E-state index in [-0.39, 0.29) is 0 Å². The summed E-state index contributed by atoms with van der Waals surface area (Å²) in [5.41, 5.74) is 0. The van der Waals surface area contributed by atoms with Gasteiger partial charge in [0.1, 0.15) is 0 Å². The molecule has 20 heavy (non-hydrogen) atoms. The lowest BCUT2D eigenvalue weighted by Gasteiger charge is -2.40. The molecule has 2 rings (SSSR count). The highest BCUT2D eigenvalue weighted by Gasteiger charge is 2.30. The van der Waals surface area contributed by atoms with Crippen molar-refractivity contribution in [2.75, 3.05) is 32.7 Å². The topological polar surface area (TPSA) is 18.5 Å². The Bertz CT molecular complexity index is 290. The van der Waals surface area contributed by atoms with E-state index in [2.05, 4.69) is 49.7 Å². The van der Waals surface area contributed by atoms with Crippen molar-refractivity contribution in [2.24, 2.45) is 11.8 Å². The number of nitrogens with zero attached hydrogens (tertiary/aromatic N) is 2. The molecule has 0 aromatic rings. The zero-order valence-corrected chi connectivity index (χ0v) is 14.2. The van der Waals surface area contributed by atoms with E-state index < -0.39 is 0 Å². The number of hydrogen-bond donors (Lipinski definition) is 1. The minimum absolute atomic E-state index is 0.700. The molecule has 0 spiro atoms. The summed E-state index contributed by atoms with van der Waals surface area (Å²) >= 11 is 0. The van der Waals surface area contributed by atoms with Gasteiger partial charge in [0.15, 0.2) is 0 Å². The second kappa shape index (κ2) is 7.24. The second-order valence-electron chi connectivity index (χ2n) is 7.78. The van der Waals surface area contributed by atoms with Crippen molar-refractivity contribution >= 4 is 0 Å². The number of hydrogen-bond acceptors (Lipinski definition) is 3. The maximum atomic E-state index is 3.73. The first-order chi connectivity index (χ1) is 9.45. The van der Waals surface area contributed by atoms with Crippen LogP contribution in [0.1, 0.15) is 47.5 Å². The van der Waals surface area contributed by atoms with E-state index >= 15 is 0 Å². The summed E-state index contributed by atoms with van der Waals surface area (Å²) in [6, 6.07) is 2.12. The second-order valence-corrected chi connectivity index (χ2v) is 7.78. The summed E-state index contributed by atoms with van der Waals surface area (Å²) in [6.07, 6.45) is 2.70. The van der Waals surface area contributed by atoms with Gasteiger partial charge in [0.05, 0.1) is 0 Å². The number of piperazine rings is 1. The Balaban J connectivity index is 1.81. The Morgan fingerprint density at radius 1 is 1.15 bits per heavy atom. The van der Waals surface area contributed by atoms with Crippen LogP contribution in [0.2, 0.25) is 0 Å². The molecular formula is C17H35N3. The maximum absolute atomic E-state index is 3.73. The lowest BCUT2D eigenvalue weighted by molar-refractivity contribution is 0.112. The minimum Gasteiger partial charge on any atom is -0.311 e. The van der Waals surface area contributed by atoms with Crippen LogP contribution in [0.3, 0.4) is 0 Å². The van der Waals surface area contributed by atoms with Crippen molar-refractivity contribution in [2.45, 2.75) is 65.6 Å². The molecule has 2 saturated heterocycles. The largest absolute Gasteiger partial charge is 0.311 e. The number of nitrogens with one attached hydrogen (secondary N) is 1. The average molecular weight is 281 g/mol. The maximum Gasteiger partial charge on any atom is 0.0198 e. The minimum atomic E-state index is 0.700. The summed E-state index contributed by atoms with van der Waals surface area (Å²) < 4.78 is 0. The van der Waals surface area contributed by atoms with Crippen LogP contribution in [0.4, 0.5) is 0 Å². The third kappa shape index (κ3) is 4.44.